The van der Waals surface area contributed by atoms with Gasteiger partial charge in [0, 0.05) is 24.2 Å². The average molecular weight is 324 g/mol. The van der Waals surface area contributed by atoms with E-state index in [0.29, 0.717) is 6.54 Å². The molecule has 23 heavy (non-hydrogen) atoms. The standard InChI is InChI=1S/C17H16N4OS/c1-21-16(15-6-2-3-9-18-15)11-13(20-21)12-19-17(22)8-7-14-5-4-10-23-14/h2-11H,12H2,1H3,(H,19,22)/b8-7+. The van der Waals surface area contributed by atoms with Crippen molar-refractivity contribution in [3.63, 3.8) is 0 Å². The fraction of sp³-hybridized carbons (Fsp3) is 0.118. The van der Waals surface area contributed by atoms with Gasteiger partial charge in [-0.15, -0.1) is 11.3 Å². The van der Waals surface area contributed by atoms with Crippen LogP contribution in [0.2, 0.25) is 0 Å². The molecule has 1 amide bonds. The molecule has 3 rings (SSSR count). The molecule has 0 bridgehead atoms. The number of aryl methyl sites for hydroxylation is 1. The van der Waals surface area contributed by atoms with Gasteiger partial charge in [0.25, 0.3) is 0 Å². The number of hydrogen-bond donors (Lipinski definition) is 1. The van der Waals surface area contributed by atoms with Crippen molar-refractivity contribution in [2.75, 3.05) is 0 Å². The van der Waals surface area contributed by atoms with E-state index in [9.17, 15) is 4.79 Å². The van der Waals surface area contributed by atoms with E-state index in [1.165, 1.54) is 6.08 Å². The molecule has 0 unspecified atom stereocenters. The van der Waals surface area contributed by atoms with Crippen LogP contribution in [0.4, 0.5) is 0 Å². The lowest BCUT2D eigenvalue weighted by Gasteiger charge is -1.98. The zero-order chi connectivity index (χ0) is 16.1. The number of aromatic nitrogens is 3. The molecule has 0 aromatic carbocycles. The van der Waals surface area contributed by atoms with Crippen LogP contribution in [0.3, 0.4) is 0 Å². The first-order valence-corrected chi connectivity index (χ1v) is 8.04. The summed E-state index contributed by atoms with van der Waals surface area (Å²) in [5.41, 5.74) is 2.58. The van der Waals surface area contributed by atoms with Gasteiger partial charge in [0.05, 0.1) is 23.6 Å². The molecular formula is C17H16N4OS. The van der Waals surface area contributed by atoms with Crippen LogP contribution in [0.5, 0.6) is 0 Å². The number of hydrogen-bond acceptors (Lipinski definition) is 4. The van der Waals surface area contributed by atoms with Crippen LogP contribution in [-0.4, -0.2) is 20.7 Å². The van der Waals surface area contributed by atoms with Gasteiger partial charge in [-0.3, -0.25) is 14.5 Å². The largest absolute Gasteiger partial charge is 0.347 e. The van der Waals surface area contributed by atoms with Crippen LogP contribution in [0.1, 0.15) is 10.6 Å². The quantitative estimate of drug-likeness (QED) is 0.734. The summed E-state index contributed by atoms with van der Waals surface area (Å²) in [5.74, 6) is -0.136. The molecule has 6 heteroatoms. The number of rotatable bonds is 5. The molecule has 0 saturated carbocycles. The Bertz CT molecular complexity index is 807. The number of pyridine rings is 1. The number of thiophene rings is 1. The minimum atomic E-state index is -0.136. The van der Waals surface area contributed by atoms with Gasteiger partial charge < -0.3 is 5.32 Å². The van der Waals surface area contributed by atoms with Crippen LogP contribution in [0, 0.1) is 0 Å². The maximum Gasteiger partial charge on any atom is 0.244 e. The summed E-state index contributed by atoms with van der Waals surface area (Å²) < 4.78 is 1.77. The normalized spacial score (nSPS) is 11.0. The van der Waals surface area contributed by atoms with E-state index in [4.69, 9.17) is 0 Å². The third-order valence-electron chi connectivity index (χ3n) is 3.24. The Morgan fingerprint density at radius 2 is 2.26 bits per heavy atom. The van der Waals surface area contributed by atoms with Gasteiger partial charge in [-0.2, -0.15) is 5.10 Å². The van der Waals surface area contributed by atoms with Crippen molar-refractivity contribution in [1.29, 1.82) is 0 Å². The minimum Gasteiger partial charge on any atom is -0.347 e. The van der Waals surface area contributed by atoms with Gasteiger partial charge in [-0.05, 0) is 35.7 Å². The number of nitrogens with zero attached hydrogens (tertiary/aromatic N) is 3. The predicted molar refractivity (Wildman–Crippen MR) is 91.6 cm³/mol. The molecule has 1 N–H and O–H groups in total. The Morgan fingerprint density at radius 3 is 3.00 bits per heavy atom. The second kappa shape index (κ2) is 7.02. The summed E-state index contributed by atoms with van der Waals surface area (Å²) in [7, 11) is 1.87. The SMILES string of the molecule is Cn1nc(CNC(=O)/C=C/c2cccs2)cc1-c1ccccn1. The zero-order valence-electron chi connectivity index (χ0n) is 12.6. The molecule has 0 fully saturated rings. The van der Waals surface area contributed by atoms with Gasteiger partial charge in [0.15, 0.2) is 0 Å². The fourth-order valence-corrected chi connectivity index (χ4v) is 2.77. The molecule has 0 aliphatic heterocycles. The van der Waals surface area contributed by atoms with E-state index < -0.39 is 0 Å². The Kier molecular flexibility index (Phi) is 4.63. The smallest absolute Gasteiger partial charge is 0.244 e. The third-order valence-corrected chi connectivity index (χ3v) is 4.08. The molecule has 3 aromatic heterocycles. The van der Waals surface area contributed by atoms with Gasteiger partial charge in [-0.1, -0.05) is 12.1 Å². The van der Waals surface area contributed by atoms with E-state index in [0.717, 1.165) is 22.0 Å². The lowest BCUT2D eigenvalue weighted by Crippen LogP contribution is -2.20. The highest BCUT2D eigenvalue weighted by molar-refractivity contribution is 7.10. The average Bonchev–Trinajstić information content (AvgIpc) is 3.21. The zero-order valence-corrected chi connectivity index (χ0v) is 13.5. The van der Waals surface area contributed by atoms with E-state index in [-0.39, 0.29) is 5.91 Å². The van der Waals surface area contributed by atoms with Crippen molar-refractivity contribution in [1.82, 2.24) is 20.1 Å². The van der Waals surface area contributed by atoms with E-state index in [2.05, 4.69) is 15.4 Å². The Hall–Kier alpha value is -2.73. The summed E-state index contributed by atoms with van der Waals surface area (Å²) in [6, 6.07) is 11.6. The molecule has 0 saturated heterocycles. The Labute approximate surface area is 138 Å². The van der Waals surface area contributed by atoms with Crippen molar-refractivity contribution in [3.8, 4) is 11.4 Å². The second-order valence-corrected chi connectivity index (χ2v) is 5.91. The van der Waals surface area contributed by atoms with Crippen LogP contribution in [-0.2, 0) is 18.4 Å². The summed E-state index contributed by atoms with van der Waals surface area (Å²) in [6.45, 7) is 0.383. The van der Waals surface area contributed by atoms with Crippen molar-refractivity contribution in [2.45, 2.75) is 6.54 Å². The lowest BCUT2D eigenvalue weighted by atomic mass is 10.2. The van der Waals surface area contributed by atoms with Crippen molar-refractivity contribution in [3.05, 3.63) is 64.6 Å². The van der Waals surface area contributed by atoms with Gasteiger partial charge in [0.1, 0.15) is 0 Å². The maximum atomic E-state index is 11.8. The number of carbonyl (C=O) groups excluding carboxylic acids is 1. The monoisotopic (exact) mass is 324 g/mol. The first-order chi connectivity index (χ1) is 11.2. The molecule has 3 aromatic rings. The highest BCUT2D eigenvalue weighted by Crippen LogP contribution is 2.16. The van der Waals surface area contributed by atoms with Gasteiger partial charge >= 0.3 is 0 Å². The van der Waals surface area contributed by atoms with Crippen LogP contribution in [0.15, 0.2) is 54.1 Å². The molecule has 0 radical (unpaired) electrons. The highest BCUT2D eigenvalue weighted by Gasteiger charge is 2.08. The Balaban J connectivity index is 1.62. The fourth-order valence-electron chi connectivity index (χ4n) is 2.15. The molecule has 5 nitrogen and oxygen atoms in total. The Morgan fingerprint density at radius 1 is 1.35 bits per heavy atom. The molecule has 116 valence electrons. The maximum absolute atomic E-state index is 11.8. The number of amides is 1. The van der Waals surface area contributed by atoms with Gasteiger partial charge in [0.2, 0.25) is 5.91 Å². The van der Waals surface area contributed by atoms with Crippen LogP contribution >= 0.6 is 11.3 Å². The molecule has 0 atom stereocenters. The minimum absolute atomic E-state index is 0.136. The molecule has 0 aliphatic rings. The number of carbonyl (C=O) groups is 1. The highest BCUT2D eigenvalue weighted by atomic mass is 32.1. The second-order valence-electron chi connectivity index (χ2n) is 4.93. The van der Waals surface area contributed by atoms with Crippen LogP contribution in [0.25, 0.3) is 17.5 Å². The van der Waals surface area contributed by atoms with E-state index in [1.807, 2.05) is 48.8 Å². The first-order valence-electron chi connectivity index (χ1n) is 7.16. The van der Waals surface area contributed by atoms with E-state index in [1.54, 1.807) is 28.3 Å². The lowest BCUT2D eigenvalue weighted by molar-refractivity contribution is -0.116. The summed E-state index contributed by atoms with van der Waals surface area (Å²) in [5, 5.41) is 9.22. The van der Waals surface area contributed by atoms with Gasteiger partial charge in [-0.25, -0.2) is 0 Å². The van der Waals surface area contributed by atoms with Crippen molar-refractivity contribution < 1.29 is 4.79 Å². The summed E-state index contributed by atoms with van der Waals surface area (Å²) in [4.78, 5) is 17.2. The summed E-state index contributed by atoms with van der Waals surface area (Å²) in [6.07, 6.45) is 5.09. The summed E-state index contributed by atoms with van der Waals surface area (Å²) >= 11 is 1.59. The number of nitrogens with one attached hydrogen (secondary N) is 1. The molecule has 0 aliphatic carbocycles. The van der Waals surface area contributed by atoms with Crippen molar-refractivity contribution in [2.24, 2.45) is 7.05 Å². The molecule has 0 spiro atoms. The predicted octanol–water partition coefficient (Wildman–Crippen LogP) is 2.87. The molecular weight excluding hydrogens is 308 g/mol. The molecule has 3 heterocycles. The van der Waals surface area contributed by atoms with Crippen molar-refractivity contribution >= 4 is 23.3 Å². The topological polar surface area (TPSA) is 59.8 Å². The third kappa shape index (κ3) is 3.92. The first kappa shape index (κ1) is 15.2. The van der Waals surface area contributed by atoms with Crippen LogP contribution < -0.4 is 5.32 Å². The van der Waals surface area contributed by atoms with E-state index >= 15 is 0 Å².